The molecule has 4 aliphatic carbocycles. The number of pyridine rings is 5. The molecule has 4 saturated carbocycles. The Balaban J connectivity index is 0.000000122. The van der Waals surface area contributed by atoms with Crippen molar-refractivity contribution in [2.45, 2.75) is 186 Å². The van der Waals surface area contributed by atoms with Gasteiger partial charge in [-0.2, -0.15) is 0 Å². The molecule has 9 aliphatic rings. The Morgan fingerprint density at radius 3 is 1.08 bits per heavy atom. The van der Waals surface area contributed by atoms with Crippen molar-refractivity contribution < 1.29 is 0 Å². The van der Waals surface area contributed by atoms with Crippen LogP contribution in [0.5, 0.6) is 0 Å². The summed E-state index contributed by atoms with van der Waals surface area (Å²) in [5.41, 5.74) is 7.59. The van der Waals surface area contributed by atoms with Crippen molar-refractivity contribution in [3.05, 3.63) is 108 Å². The van der Waals surface area contributed by atoms with Crippen LogP contribution in [0.1, 0.15) is 130 Å². The maximum atomic E-state index is 6.06. The standard InChI is InChI=1S/C15H22ClN3.C14H19ClIN3.C14H21ClN4.C13H18ClN3.C11H15ClN2/c1-11-8-15(17-9-14(11)16)19-7-6-18(10-12(19)2)13-4-3-5-13;2*1-10-9-18(11-3-2-4-11)5-6-19(10)14-7-13(16)12(15)8-17-14;1-10-9-16(12-3-4-12)6-7-17(10)13-5-2-11(14)8-15-13;1-9-4-2-3-7-14(9)11-6-5-10(12)8-13-11/h8-9,12-13H,3-7,10H2,1-2H3;7-8,10-11H,2-6,9H2,1H3;7-8,10-11H,2-6,9H2,1H3,(H2,16,17);2,5,8,10,12H,3-4,6-7,9H2,1H3;5-6,8-9H,2-4,7H2,1H3/t12-;3*10-;9-/m00000/s1. The van der Waals surface area contributed by atoms with E-state index in [1.807, 2.05) is 37.3 Å². The molecule has 9 fully saturated rings. The Morgan fingerprint density at radius 2 is 0.739 bits per heavy atom. The van der Waals surface area contributed by atoms with Gasteiger partial charge in [0.1, 0.15) is 29.1 Å². The Hall–Kier alpha value is -3.43. The average Bonchev–Trinajstić information content (AvgIpc) is 3.44. The Labute approximate surface area is 564 Å². The molecule has 5 saturated heterocycles. The molecule has 21 heteroatoms. The minimum atomic E-state index is 0.474. The highest BCUT2D eigenvalue weighted by Gasteiger charge is 2.37. The molecule has 480 valence electrons. The van der Waals surface area contributed by atoms with E-state index in [9.17, 15) is 0 Å². The molecule has 88 heavy (non-hydrogen) atoms. The summed E-state index contributed by atoms with van der Waals surface area (Å²) >= 11 is 32.0. The Morgan fingerprint density at radius 1 is 0.375 bits per heavy atom. The smallest absolute Gasteiger partial charge is 0.130 e. The first-order valence-electron chi connectivity index (χ1n) is 32.8. The van der Waals surface area contributed by atoms with Gasteiger partial charge in [0.05, 0.1) is 30.8 Å². The summed E-state index contributed by atoms with van der Waals surface area (Å²) in [4.78, 5) is 44.6. The van der Waals surface area contributed by atoms with Crippen molar-refractivity contribution in [3.8, 4) is 0 Å². The molecule has 0 bridgehead atoms. The first-order chi connectivity index (χ1) is 42.5. The maximum Gasteiger partial charge on any atom is 0.130 e. The third kappa shape index (κ3) is 17.8. The zero-order valence-electron chi connectivity index (χ0n) is 52.8. The number of nitrogens with two attached hydrogens (primary N) is 1. The number of aryl methyl sites for hydroxylation is 1. The van der Waals surface area contributed by atoms with Crippen LogP contribution in [0.3, 0.4) is 0 Å². The number of rotatable bonds is 9. The van der Waals surface area contributed by atoms with Crippen molar-refractivity contribution in [2.75, 3.05) is 115 Å². The van der Waals surface area contributed by atoms with Gasteiger partial charge in [0.2, 0.25) is 0 Å². The third-order valence-electron chi connectivity index (χ3n) is 19.9. The average molecular weight is 1410 g/mol. The molecule has 5 aromatic heterocycles. The lowest BCUT2D eigenvalue weighted by molar-refractivity contribution is 0.106. The fourth-order valence-electron chi connectivity index (χ4n) is 13.7. The van der Waals surface area contributed by atoms with Gasteiger partial charge in [0.15, 0.2) is 0 Å². The SMILES string of the molecule is C[C@H]1CCCCN1c1ccc(Cl)cn1.C[C@H]1CN(C2CC2)CCN1c1ccc(Cl)cn1.C[C@H]1CN(C2CCC2)CCN1c1cc(I)c(Cl)cn1.C[C@H]1CN(C2CCC2)CCN1c1cc(N)c(Cl)cn1.Cc1cc(N2CCN(C3CCC3)C[C@@H]2C)ncc1Cl. The zero-order valence-corrected chi connectivity index (χ0v) is 58.8. The van der Waals surface area contributed by atoms with Crippen LogP contribution in [0, 0.1) is 10.5 Å². The van der Waals surface area contributed by atoms with Crippen molar-refractivity contribution >= 4 is 115 Å². The number of halogens is 6. The summed E-state index contributed by atoms with van der Waals surface area (Å²) in [5, 5.41) is 3.44. The van der Waals surface area contributed by atoms with Gasteiger partial charge in [-0.3, -0.25) is 19.6 Å². The molecular weight excluding hydrogens is 1320 g/mol. The van der Waals surface area contributed by atoms with Gasteiger partial charge in [-0.25, -0.2) is 24.9 Å². The molecular formula is C67H95Cl5IN15. The third-order valence-corrected chi connectivity index (χ3v) is 22.5. The predicted molar refractivity (Wildman–Crippen MR) is 378 cm³/mol. The summed E-state index contributed by atoms with van der Waals surface area (Å²) in [6.07, 6.45) is 27.9. The normalized spacial score (nSPS) is 25.1. The number of piperazine rings is 4. The van der Waals surface area contributed by atoms with Crippen LogP contribution in [-0.2, 0) is 0 Å². The van der Waals surface area contributed by atoms with E-state index in [2.05, 4.69) is 138 Å². The van der Waals surface area contributed by atoms with E-state index in [1.54, 1.807) is 31.0 Å². The van der Waals surface area contributed by atoms with E-state index in [0.29, 0.717) is 51.0 Å². The second-order valence-corrected chi connectivity index (χ2v) is 29.4. The van der Waals surface area contributed by atoms with Crippen LogP contribution in [0.25, 0.3) is 0 Å². The monoisotopic (exact) mass is 1410 g/mol. The molecule has 0 unspecified atom stereocenters. The minimum absolute atomic E-state index is 0.474. The molecule has 0 radical (unpaired) electrons. The second-order valence-electron chi connectivity index (χ2n) is 26.2. The van der Waals surface area contributed by atoms with E-state index < -0.39 is 0 Å². The number of hydrogen-bond donors (Lipinski definition) is 1. The molecule has 10 heterocycles. The lowest BCUT2D eigenvalue weighted by atomic mass is 9.90. The lowest BCUT2D eigenvalue weighted by Crippen LogP contribution is -2.56. The number of nitrogens with zero attached hydrogens (tertiary/aromatic N) is 14. The molecule has 14 rings (SSSR count). The van der Waals surface area contributed by atoms with Gasteiger partial charge < -0.3 is 30.2 Å². The zero-order chi connectivity index (χ0) is 62.0. The van der Waals surface area contributed by atoms with E-state index >= 15 is 0 Å². The van der Waals surface area contributed by atoms with Gasteiger partial charge in [0.25, 0.3) is 0 Å². The molecule has 2 N–H and O–H groups in total. The van der Waals surface area contributed by atoms with E-state index in [0.717, 1.165) is 144 Å². The van der Waals surface area contributed by atoms with Crippen molar-refractivity contribution in [2.24, 2.45) is 0 Å². The van der Waals surface area contributed by atoms with Crippen LogP contribution < -0.4 is 30.2 Å². The Kier molecular flexibility index (Phi) is 24.5. The topological polar surface area (TPSA) is 120 Å². The van der Waals surface area contributed by atoms with Gasteiger partial charge >= 0.3 is 0 Å². The van der Waals surface area contributed by atoms with Gasteiger partial charge in [-0.1, -0.05) is 77.3 Å². The van der Waals surface area contributed by atoms with Crippen LogP contribution in [0.4, 0.5) is 34.8 Å². The van der Waals surface area contributed by atoms with Crippen LogP contribution in [-0.4, -0.2) is 184 Å². The maximum absolute atomic E-state index is 6.06. The molecule has 5 aliphatic heterocycles. The van der Waals surface area contributed by atoms with Crippen LogP contribution in [0.2, 0.25) is 25.1 Å². The summed E-state index contributed by atoms with van der Waals surface area (Å²) in [7, 11) is 0. The first kappa shape index (κ1) is 67.5. The van der Waals surface area contributed by atoms with Crippen molar-refractivity contribution in [1.29, 1.82) is 0 Å². The number of nitrogen functional groups attached to an aromatic ring is 1. The number of piperidine rings is 1. The molecule has 5 atom stereocenters. The molecule has 15 nitrogen and oxygen atoms in total. The van der Waals surface area contributed by atoms with E-state index in [-0.39, 0.29) is 0 Å². The van der Waals surface area contributed by atoms with Crippen molar-refractivity contribution in [1.82, 2.24) is 44.5 Å². The quantitative estimate of drug-likeness (QED) is 0.141. The lowest BCUT2D eigenvalue weighted by Gasteiger charge is -2.46. The summed E-state index contributed by atoms with van der Waals surface area (Å²) < 4.78 is 1.08. The van der Waals surface area contributed by atoms with E-state index in [1.165, 1.54) is 103 Å². The van der Waals surface area contributed by atoms with E-state index in [4.69, 9.17) is 63.7 Å². The van der Waals surface area contributed by atoms with Gasteiger partial charge in [-0.15, -0.1) is 0 Å². The molecule has 0 aromatic carbocycles. The number of anilines is 6. The minimum Gasteiger partial charge on any atom is -0.397 e. The summed E-state index contributed by atoms with van der Waals surface area (Å²) in [5.74, 6) is 5.19. The largest absolute Gasteiger partial charge is 0.397 e. The van der Waals surface area contributed by atoms with Crippen LogP contribution >= 0.6 is 80.6 Å². The fourth-order valence-corrected chi connectivity index (χ4v) is 14.6. The molecule has 0 spiro atoms. The first-order valence-corrected chi connectivity index (χ1v) is 35.8. The number of aromatic nitrogens is 5. The predicted octanol–water partition coefficient (Wildman–Crippen LogP) is 14.4. The Bertz CT molecular complexity index is 2790. The highest BCUT2D eigenvalue weighted by molar-refractivity contribution is 14.1. The summed E-state index contributed by atoms with van der Waals surface area (Å²) in [6, 6.07) is 20.0. The second kappa shape index (κ2) is 31.9. The van der Waals surface area contributed by atoms with Gasteiger partial charge in [-0.05, 0) is 177 Å². The molecule has 0 amide bonds. The fraction of sp³-hybridized carbons (Fsp3) is 0.627. The van der Waals surface area contributed by atoms with Crippen LogP contribution in [0.15, 0.2) is 73.4 Å². The van der Waals surface area contributed by atoms with Gasteiger partial charge in [0, 0.05) is 180 Å². The summed E-state index contributed by atoms with van der Waals surface area (Å²) in [6.45, 7) is 28.0. The molecule has 5 aromatic rings. The highest BCUT2D eigenvalue weighted by Crippen LogP contribution is 2.35. The number of hydrogen-bond acceptors (Lipinski definition) is 15. The van der Waals surface area contributed by atoms with Crippen molar-refractivity contribution in [3.63, 3.8) is 0 Å². The highest BCUT2D eigenvalue weighted by atomic mass is 127.